The summed E-state index contributed by atoms with van der Waals surface area (Å²) in [6.45, 7) is 4.43. The smallest absolute Gasteiger partial charge is 0.241 e. The maximum atomic E-state index is 12.7. The zero-order valence-electron chi connectivity index (χ0n) is 16.3. The van der Waals surface area contributed by atoms with E-state index < -0.39 is 0 Å². The highest BCUT2D eigenvalue weighted by Crippen LogP contribution is 2.33. The molecule has 5 heteroatoms. The van der Waals surface area contributed by atoms with Gasteiger partial charge in [0.1, 0.15) is 5.75 Å². The molecule has 3 atom stereocenters. The van der Waals surface area contributed by atoms with E-state index in [0.717, 1.165) is 56.1 Å². The summed E-state index contributed by atoms with van der Waals surface area (Å²) in [6, 6.07) is 6.43. The lowest BCUT2D eigenvalue weighted by Gasteiger charge is -2.24. The molecule has 1 saturated carbocycles. The highest BCUT2D eigenvalue weighted by Gasteiger charge is 2.38. The molecule has 2 aliphatic heterocycles. The Balaban J connectivity index is 1.33. The molecule has 5 nitrogen and oxygen atoms in total. The van der Waals surface area contributed by atoms with Gasteiger partial charge in [0.25, 0.3) is 0 Å². The molecular weight excluding hydrogens is 340 g/mol. The van der Waals surface area contributed by atoms with Crippen LogP contribution >= 0.6 is 0 Å². The van der Waals surface area contributed by atoms with Crippen LogP contribution in [0.2, 0.25) is 0 Å². The predicted octanol–water partition coefficient (Wildman–Crippen LogP) is 3.66. The van der Waals surface area contributed by atoms with Crippen molar-refractivity contribution in [3.05, 3.63) is 23.8 Å². The molecule has 4 rings (SSSR count). The van der Waals surface area contributed by atoms with Crippen LogP contribution in [0.3, 0.4) is 0 Å². The topological polar surface area (TPSA) is 59.6 Å². The first-order valence-corrected chi connectivity index (χ1v) is 10.6. The number of aryl methyl sites for hydroxylation is 1. The van der Waals surface area contributed by atoms with Crippen LogP contribution in [0.25, 0.3) is 0 Å². The first kappa shape index (κ1) is 18.8. The van der Waals surface area contributed by atoms with Crippen molar-refractivity contribution in [1.82, 2.24) is 5.32 Å². The Bertz CT molecular complexity index is 643. The average Bonchev–Trinajstić information content (AvgIpc) is 3.13. The van der Waals surface area contributed by atoms with Crippen LogP contribution in [0.4, 0.5) is 5.69 Å². The number of anilines is 1. The lowest BCUT2D eigenvalue weighted by Crippen LogP contribution is -2.39. The lowest BCUT2D eigenvalue weighted by molar-refractivity contribution is -0.117. The lowest BCUT2D eigenvalue weighted by atomic mass is 9.85. The fraction of sp³-hybridized carbons (Fsp3) is 0.682. The fourth-order valence-electron chi connectivity index (χ4n) is 4.70. The third-order valence-corrected chi connectivity index (χ3v) is 6.45. The summed E-state index contributed by atoms with van der Waals surface area (Å²) in [7, 11) is 0. The summed E-state index contributed by atoms with van der Waals surface area (Å²) in [5.74, 6) is 2.18. The predicted molar refractivity (Wildman–Crippen MR) is 106 cm³/mol. The Morgan fingerprint density at radius 3 is 2.85 bits per heavy atom. The second kappa shape index (κ2) is 8.61. The fourth-order valence-corrected chi connectivity index (χ4v) is 4.70. The summed E-state index contributed by atoms with van der Waals surface area (Å²) < 4.78 is 11.5. The van der Waals surface area contributed by atoms with Crippen molar-refractivity contribution in [2.24, 2.45) is 11.8 Å². The largest absolute Gasteiger partial charge is 0.493 e. The van der Waals surface area contributed by atoms with Gasteiger partial charge in [-0.2, -0.15) is 0 Å². The second-order valence-electron chi connectivity index (χ2n) is 8.44. The number of carbonyl (C=O) groups is 1. The van der Waals surface area contributed by atoms with Gasteiger partial charge < -0.3 is 20.1 Å². The molecular formula is C22H32N2O3. The standard InChI is InChI=1S/C22H32N2O3/c1-15-6-7-18(13-21(15)27-14-16-8-10-26-11-9-16)23-22(25)20-12-17-4-2-3-5-19(17)24-20/h6-7,13,16-17,19-20,24H,2-5,8-12,14H2,1H3,(H,23,25). The Morgan fingerprint density at radius 1 is 1.22 bits per heavy atom. The van der Waals surface area contributed by atoms with E-state index in [-0.39, 0.29) is 11.9 Å². The molecule has 0 spiro atoms. The molecule has 148 valence electrons. The van der Waals surface area contributed by atoms with Crippen LogP contribution in [0.15, 0.2) is 18.2 Å². The molecule has 0 aromatic heterocycles. The van der Waals surface area contributed by atoms with E-state index in [9.17, 15) is 4.79 Å². The molecule has 1 amide bonds. The van der Waals surface area contributed by atoms with Crippen LogP contribution in [-0.2, 0) is 9.53 Å². The molecule has 2 saturated heterocycles. The molecule has 3 fully saturated rings. The van der Waals surface area contributed by atoms with E-state index in [2.05, 4.69) is 10.6 Å². The average molecular weight is 373 g/mol. The second-order valence-corrected chi connectivity index (χ2v) is 8.44. The molecule has 2 N–H and O–H groups in total. The molecule has 1 aromatic carbocycles. The number of benzene rings is 1. The van der Waals surface area contributed by atoms with Crippen molar-refractivity contribution in [1.29, 1.82) is 0 Å². The molecule has 1 aromatic rings. The third-order valence-electron chi connectivity index (χ3n) is 6.45. The summed E-state index contributed by atoms with van der Waals surface area (Å²) >= 11 is 0. The minimum Gasteiger partial charge on any atom is -0.493 e. The van der Waals surface area contributed by atoms with Crippen LogP contribution in [0, 0.1) is 18.8 Å². The molecule has 0 bridgehead atoms. The van der Waals surface area contributed by atoms with Gasteiger partial charge in [-0.3, -0.25) is 4.79 Å². The Kier molecular flexibility index (Phi) is 5.98. The van der Waals surface area contributed by atoms with Crippen molar-refractivity contribution in [2.45, 2.75) is 64.0 Å². The number of fused-ring (bicyclic) bond motifs is 1. The van der Waals surface area contributed by atoms with Crippen molar-refractivity contribution in [3.63, 3.8) is 0 Å². The van der Waals surface area contributed by atoms with Gasteiger partial charge in [-0.1, -0.05) is 18.9 Å². The van der Waals surface area contributed by atoms with Crippen LogP contribution in [0.5, 0.6) is 5.75 Å². The first-order valence-electron chi connectivity index (χ1n) is 10.6. The number of hydrogen-bond donors (Lipinski definition) is 2. The van der Waals surface area contributed by atoms with E-state index >= 15 is 0 Å². The SMILES string of the molecule is Cc1ccc(NC(=O)C2CC3CCCCC3N2)cc1OCC1CCOCC1. The maximum Gasteiger partial charge on any atom is 0.241 e. The van der Waals surface area contributed by atoms with Gasteiger partial charge in [0.15, 0.2) is 0 Å². The normalized spacial score (nSPS) is 28.6. The van der Waals surface area contributed by atoms with Crippen molar-refractivity contribution in [3.8, 4) is 5.75 Å². The summed E-state index contributed by atoms with van der Waals surface area (Å²) in [6.07, 6.45) is 8.16. The molecule has 3 aliphatic rings. The Morgan fingerprint density at radius 2 is 2.04 bits per heavy atom. The highest BCUT2D eigenvalue weighted by molar-refractivity contribution is 5.95. The van der Waals surface area contributed by atoms with Gasteiger partial charge in [0.2, 0.25) is 5.91 Å². The van der Waals surface area contributed by atoms with E-state index in [1.54, 1.807) is 0 Å². The Hall–Kier alpha value is -1.59. The minimum atomic E-state index is -0.0639. The van der Waals surface area contributed by atoms with Gasteiger partial charge in [0.05, 0.1) is 12.6 Å². The van der Waals surface area contributed by atoms with E-state index in [1.165, 1.54) is 25.7 Å². The van der Waals surface area contributed by atoms with Gasteiger partial charge in [-0.05, 0) is 62.5 Å². The van der Waals surface area contributed by atoms with Crippen LogP contribution < -0.4 is 15.4 Å². The van der Waals surface area contributed by atoms with E-state index in [0.29, 0.717) is 17.9 Å². The third kappa shape index (κ3) is 4.64. The number of carbonyl (C=O) groups excluding carboxylic acids is 1. The highest BCUT2D eigenvalue weighted by atomic mass is 16.5. The van der Waals surface area contributed by atoms with Gasteiger partial charge >= 0.3 is 0 Å². The monoisotopic (exact) mass is 372 g/mol. The van der Waals surface area contributed by atoms with Gasteiger partial charge in [-0.15, -0.1) is 0 Å². The number of rotatable bonds is 5. The molecule has 0 radical (unpaired) electrons. The van der Waals surface area contributed by atoms with Gasteiger partial charge in [-0.25, -0.2) is 0 Å². The first-order chi connectivity index (χ1) is 13.2. The number of ether oxygens (including phenoxy) is 2. The maximum absolute atomic E-state index is 12.7. The Labute approximate surface area is 162 Å². The van der Waals surface area contributed by atoms with Crippen molar-refractivity contribution < 1.29 is 14.3 Å². The molecule has 2 heterocycles. The van der Waals surface area contributed by atoms with Crippen molar-refractivity contribution >= 4 is 11.6 Å². The zero-order chi connectivity index (χ0) is 18.6. The quantitative estimate of drug-likeness (QED) is 0.828. The minimum absolute atomic E-state index is 0.0639. The molecule has 1 aliphatic carbocycles. The zero-order valence-corrected chi connectivity index (χ0v) is 16.3. The molecule has 3 unspecified atom stereocenters. The van der Waals surface area contributed by atoms with E-state index in [4.69, 9.17) is 9.47 Å². The number of hydrogen-bond acceptors (Lipinski definition) is 4. The number of amides is 1. The number of nitrogens with one attached hydrogen (secondary N) is 2. The summed E-state index contributed by atoms with van der Waals surface area (Å²) in [5, 5.41) is 6.65. The summed E-state index contributed by atoms with van der Waals surface area (Å²) in [5.41, 5.74) is 1.93. The van der Waals surface area contributed by atoms with Gasteiger partial charge in [0, 0.05) is 31.0 Å². The van der Waals surface area contributed by atoms with Crippen molar-refractivity contribution in [2.75, 3.05) is 25.1 Å². The van der Waals surface area contributed by atoms with Crippen LogP contribution in [-0.4, -0.2) is 37.8 Å². The summed E-state index contributed by atoms with van der Waals surface area (Å²) in [4.78, 5) is 12.7. The molecule has 27 heavy (non-hydrogen) atoms. The van der Waals surface area contributed by atoms with E-state index in [1.807, 2.05) is 25.1 Å². The van der Waals surface area contributed by atoms with Crippen LogP contribution in [0.1, 0.15) is 50.5 Å².